The van der Waals surface area contributed by atoms with Crippen LogP contribution in [-0.4, -0.2) is 61.4 Å². The van der Waals surface area contributed by atoms with Crippen molar-refractivity contribution in [2.75, 3.05) is 39.8 Å². The first-order chi connectivity index (χ1) is 9.59. The molecule has 0 aromatic heterocycles. The van der Waals surface area contributed by atoms with Crippen LogP contribution < -0.4 is 5.32 Å². The van der Waals surface area contributed by atoms with Crippen molar-refractivity contribution in [2.24, 2.45) is 0 Å². The summed E-state index contributed by atoms with van der Waals surface area (Å²) in [5.74, 6) is -0.157. The van der Waals surface area contributed by atoms with Crippen molar-refractivity contribution < 1.29 is 9.59 Å². The predicted molar refractivity (Wildman–Crippen MR) is 80.6 cm³/mol. The van der Waals surface area contributed by atoms with Gasteiger partial charge in [0.25, 0.3) is 5.91 Å². The highest BCUT2D eigenvalue weighted by molar-refractivity contribution is 9.10. The third-order valence-electron chi connectivity index (χ3n) is 3.29. The number of carbonyl (C=O) groups excluding carboxylic acids is 2. The van der Waals surface area contributed by atoms with E-state index in [2.05, 4.69) is 21.2 Å². The SMILES string of the molecule is CN(CC(=O)N1CCNCC1)C(=O)c1ccccc1Br. The van der Waals surface area contributed by atoms with Crippen LogP contribution in [0.4, 0.5) is 0 Å². The zero-order chi connectivity index (χ0) is 14.5. The van der Waals surface area contributed by atoms with Crippen LogP contribution in [0.1, 0.15) is 10.4 Å². The quantitative estimate of drug-likeness (QED) is 0.892. The Morgan fingerprint density at radius 1 is 1.30 bits per heavy atom. The van der Waals surface area contributed by atoms with Gasteiger partial charge in [0, 0.05) is 37.7 Å². The number of likely N-dealkylation sites (N-methyl/N-ethyl adjacent to an activating group) is 1. The second-order valence-electron chi connectivity index (χ2n) is 4.77. The molecule has 5 nitrogen and oxygen atoms in total. The summed E-state index contributed by atoms with van der Waals surface area (Å²) in [5.41, 5.74) is 0.572. The molecular weight excluding hydrogens is 322 g/mol. The summed E-state index contributed by atoms with van der Waals surface area (Å²) in [6, 6.07) is 7.23. The molecule has 1 fully saturated rings. The molecule has 0 bridgehead atoms. The maximum atomic E-state index is 12.3. The average molecular weight is 340 g/mol. The van der Waals surface area contributed by atoms with Crippen molar-refractivity contribution in [2.45, 2.75) is 0 Å². The average Bonchev–Trinajstić information content (AvgIpc) is 2.48. The number of carbonyl (C=O) groups is 2. The number of halogens is 1. The molecular formula is C14H18BrN3O2. The highest BCUT2D eigenvalue weighted by Crippen LogP contribution is 2.17. The predicted octanol–water partition coefficient (Wildman–Crippen LogP) is 0.953. The molecule has 0 unspecified atom stereocenters. The van der Waals surface area contributed by atoms with Gasteiger partial charge < -0.3 is 15.1 Å². The molecule has 1 aromatic carbocycles. The highest BCUT2D eigenvalue weighted by atomic mass is 79.9. The van der Waals surface area contributed by atoms with Gasteiger partial charge in [-0.3, -0.25) is 9.59 Å². The first-order valence-electron chi connectivity index (χ1n) is 6.58. The van der Waals surface area contributed by atoms with E-state index in [9.17, 15) is 9.59 Å². The van der Waals surface area contributed by atoms with Crippen molar-refractivity contribution in [3.63, 3.8) is 0 Å². The van der Waals surface area contributed by atoms with Gasteiger partial charge in [0.1, 0.15) is 0 Å². The first kappa shape index (κ1) is 15.0. The molecule has 1 heterocycles. The van der Waals surface area contributed by atoms with E-state index < -0.39 is 0 Å². The van der Waals surface area contributed by atoms with Gasteiger partial charge in [0.15, 0.2) is 0 Å². The molecule has 0 atom stereocenters. The van der Waals surface area contributed by atoms with Crippen molar-refractivity contribution in [3.05, 3.63) is 34.3 Å². The fourth-order valence-corrected chi connectivity index (χ4v) is 2.58. The monoisotopic (exact) mass is 339 g/mol. The highest BCUT2D eigenvalue weighted by Gasteiger charge is 2.21. The Bertz CT molecular complexity index is 501. The lowest BCUT2D eigenvalue weighted by molar-refractivity contribution is -0.132. The van der Waals surface area contributed by atoms with Gasteiger partial charge in [-0.1, -0.05) is 12.1 Å². The van der Waals surface area contributed by atoms with Gasteiger partial charge in [-0.15, -0.1) is 0 Å². The summed E-state index contributed by atoms with van der Waals surface area (Å²) < 4.78 is 0.742. The number of amides is 2. The molecule has 0 radical (unpaired) electrons. The van der Waals surface area contributed by atoms with Crippen LogP contribution >= 0.6 is 15.9 Å². The fraction of sp³-hybridized carbons (Fsp3) is 0.429. The van der Waals surface area contributed by atoms with Gasteiger partial charge in [0.05, 0.1) is 12.1 Å². The van der Waals surface area contributed by atoms with Gasteiger partial charge in [0.2, 0.25) is 5.91 Å². The van der Waals surface area contributed by atoms with Crippen molar-refractivity contribution in [1.82, 2.24) is 15.1 Å². The van der Waals surface area contributed by atoms with Crippen LogP contribution in [0.5, 0.6) is 0 Å². The van der Waals surface area contributed by atoms with E-state index in [0.717, 1.165) is 17.6 Å². The van der Waals surface area contributed by atoms with E-state index >= 15 is 0 Å². The van der Waals surface area contributed by atoms with E-state index in [1.54, 1.807) is 18.0 Å². The van der Waals surface area contributed by atoms with Crippen LogP contribution in [0.2, 0.25) is 0 Å². The Hall–Kier alpha value is -1.40. The number of benzene rings is 1. The minimum Gasteiger partial charge on any atom is -0.339 e. The molecule has 108 valence electrons. The molecule has 1 aromatic rings. The molecule has 1 saturated heterocycles. The third kappa shape index (κ3) is 3.58. The van der Waals surface area contributed by atoms with Gasteiger partial charge in [-0.05, 0) is 28.1 Å². The molecule has 1 aliphatic heterocycles. The summed E-state index contributed by atoms with van der Waals surface area (Å²) >= 11 is 3.36. The number of nitrogens with one attached hydrogen (secondary N) is 1. The summed E-state index contributed by atoms with van der Waals surface area (Å²) in [5, 5.41) is 3.20. The molecule has 6 heteroatoms. The smallest absolute Gasteiger partial charge is 0.255 e. The van der Waals surface area contributed by atoms with E-state index in [1.807, 2.05) is 18.2 Å². The van der Waals surface area contributed by atoms with Crippen molar-refractivity contribution in [3.8, 4) is 0 Å². The normalized spacial score (nSPS) is 15.0. The van der Waals surface area contributed by atoms with Gasteiger partial charge in [-0.2, -0.15) is 0 Å². The minimum absolute atomic E-state index is 0.00518. The number of hydrogen-bond acceptors (Lipinski definition) is 3. The van der Waals surface area contributed by atoms with Crippen LogP contribution in [0.15, 0.2) is 28.7 Å². The lowest BCUT2D eigenvalue weighted by Crippen LogP contribution is -2.49. The molecule has 2 amide bonds. The third-order valence-corrected chi connectivity index (χ3v) is 3.98. The van der Waals surface area contributed by atoms with E-state index in [-0.39, 0.29) is 18.4 Å². The van der Waals surface area contributed by atoms with Crippen LogP contribution in [-0.2, 0) is 4.79 Å². The molecule has 2 rings (SSSR count). The Morgan fingerprint density at radius 3 is 2.60 bits per heavy atom. The number of rotatable bonds is 3. The van der Waals surface area contributed by atoms with E-state index in [4.69, 9.17) is 0 Å². The van der Waals surface area contributed by atoms with Crippen molar-refractivity contribution in [1.29, 1.82) is 0 Å². The fourth-order valence-electron chi connectivity index (χ4n) is 2.13. The molecule has 0 aliphatic carbocycles. The Balaban J connectivity index is 1.97. The number of nitrogens with zero attached hydrogens (tertiary/aromatic N) is 2. The lowest BCUT2D eigenvalue weighted by Gasteiger charge is -2.29. The topological polar surface area (TPSA) is 52.7 Å². The summed E-state index contributed by atoms with van der Waals surface area (Å²) in [4.78, 5) is 27.7. The Labute approximate surface area is 127 Å². The maximum absolute atomic E-state index is 12.3. The number of piperazine rings is 1. The lowest BCUT2D eigenvalue weighted by atomic mass is 10.2. The van der Waals surface area contributed by atoms with Crippen LogP contribution in [0.3, 0.4) is 0 Å². The molecule has 1 N–H and O–H groups in total. The van der Waals surface area contributed by atoms with Crippen molar-refractivity contribution >= 4 is 27.7 Å². The summed E-state index contributed by atoms with van der Waals surface area (Å²) in [6.07, 6.45) is 0. The largest absolute Gasteiger partial charge is 0.339 e. The molecule has 0 saturated carbocycles. The second-order valence-corrected chi connectivity index (χ2v) is 5.63. The minimum atomic E-state index is -0.152. The standard InChI is InChI=1S/C14H18BrN3O2/c1-17(10-13(19)18-8-6-16-7-9-18)14(20)11-4-2-3-5-12(11)15/h2-5,16H,6-10H2,1H3. The Morgan fingerprint density at radius 2 is 1.95 bits per heavy atom. The zero-order valence-electron chi connectivity index (χ0n) is 11.4. The first-order valence-corrected chi connectivity index (χ1v) is 7.37. The van der Waals surface area contributed by atoms with Gasteiger partial charge in [-0.25, -0.2) is 0 Å². The zero-order valence-corrected chi connectivity index (χ0v) is 13.0. The van der Waals surface area contributed by atoms with E-state index in [0.29, 0.717) is 18.7 Å². The van der Waals surface area contributed by atoms with Crippen LogP contribution in [0, 0.1) is 0 Å². The molecule has 0 spiro atoms. The summed E-state index contributed by atoms with van der Waals surface area (Å²) in [7, 11) is 1.65. The maximum Gasteiger partial charge on any atom is 0.255 e. The number of hydrogen-bond donors (Lipinski definition) is 1. The van der Waals surface area contributed by atoms with E-state index in [1.165, 1.54) is 4.90 Å². The molecule has 1 aliphatic rings. The van der Waals surface area contributed by atoms with Crippen LogP contribution in [0.25, 0.3) is 0 Å². The summed E-state index contributed by atoms with van der Waals surface area (Å²) in [6.45, 7) is 3.15. The second kappa shape index (κ2) is 6.85. The molecule has 20 heavy (non-hydrogen) atoms. The van der Waals surface area contributed by atoms with Gasteiger partial charge >= 0.3 is 0 Å². The Kier molecular flexibility index (Phi) is 5.14.